The van der Waals surface area contributed by atoms with E-state index in [1.165, 1.54) is 7.11 Å². The molecule has 1 amide bonds. The first-order valence-corrected chi connectivity index (χ1v) is 9.98. The number of carbonyl (C=O) groups excluding carboxylic acids is 2. The number of aromatic nitrogens is 2. The van der Waals surface area contributed by atoms with Crippen molar-refractivity contribution in [2.24, 2.45) is 0 Å². The number of thioether (sulfide) groups is 1. The Morgan fingerprint density at radius 2 is 1.83 bits per heavy atom. The lowest BCUT2D eigenvalue weighted by atomic mass is 10.1. The third kappa shape index (κ3) is 5.92. The van der Waals surface area contributed by atoms with Gasteiger partial charge in [-0.3, -0.25) is 4.79 Å². The van der Waals surface area contributed by atoms with Crippen molar-refractivity contribution in [2.75, 3.05) is 12.9 Å². The number of amides is 1. The van der Waals surface area contributed by atoms with Crippen LogP contribution >= 0.6 is 11.8 Å². The van der Waals surface area contributed by atoms with Crippen molar-refractivity contribution in [1.29, 1.82) is 0 Å². The minimum atomic E-state index is -0.763. The number of hydrogen-bond acceptors (Lipinski definition) is 7. The zero-order chi connectivity index (χ0) is 20.6. The van der Waals surface area contributed by atoms with Gasteiger partial charge in [-0.2, -0.15) is 0 Å². The van der Waals surface area contributed by atoms with Crippen molar-refractivity contribution in [1.82, 2.24) is 15.5 Å². The maximum absolute atomic E-state index is 12.3. The van der Waals surface area contributed by atoms with Crippen LogP contribution in [0.1, 0.15) is 11.1 Å². The Morgan fingerprint density at radius 3 is 2.52 bits per heavy atom. The van der Waals surface area contributed by atoms with Crippen molar-refractivity contribution in [3.8, 4) is 11.5 Å². The molecule has 1 N–H and O–H groups in total. The van der Waals surface area contributed by atoms with E-state index in [-0.39, 0.29) is 16.9 Å². The van der Waals surface area contributed by atoms with Crippen LogP contribution in [0.3, 0.4) is 0 Å². The van der Waals surface area contributed by atoms with E-state index in [0.29, 0.717) is 12.3 Å². The van der Waals surface area contributed by atoms with Gasteiger partial charge >= 0.3 is 5.97 Å². The standard InChI is InChI=1S/C21H21N3O4S/c1-14-8-10-16(11-9-14)19-23-24-21(28-19)29-13-18(25)22-17(20(26)27-2)12-15-6-4-3-5-7-15/h3-11,17H,12-13H2,1-2H3,(H,22,25)/t17-/m0/s1. The SMILES string of the molecule is COC(=O)[C@H](Cc1ccccc1)NC(=O)CSc1nnc(-c2ccc(C)cc2)o1. The van der Waals surface area contributed by atoms with E-state index in [0.717, 1.165) is 28.5 Å². The molecule has 0 aliphatic carbocycles. The Hall–Kier alpha value is -3.13. The fraction of sp³-hybridized carbons (Fsp3) is 0.238. The molecule has 8 heteroatoms. The smallest absolute Gasteiger partial charge is 0.328 e. The van der Waals surface area contributed by atoms with E-state index in [1.54, 1.807) is 0 Å². The maximum Gasteiger partial charge on any atom is 0.328 e. The van der Waals surface area contributed by atoms with E-state index in [1.807, 2.05) is 61.5 Å². The van der Waals surface area contributed by atoms with Crippen LogP contribution < -0.4 is 5.32 Å². The van der Waals surface area contributed by atoms with Gasteiger partial charge in [0.15, 0.2) is 0 Å². The normalized spacial score (nSPS) is 11.7. The molecule has 150 valence electrons. The molecule has 0 fully saturated rings. The topological polar surface area (TPSA) is 94.3 Å². The Labute approximate surface area is 172 Å². The lowest BCUT2D eigenvalue weighted by Gasteiger charge is -2.16. The number of esters is 1. The Morgan fingerprint density at radius 1 is 1.10 bits per heavy atom. The Kier molecular flexibility index (Phi) is 7.02. The number of rotatable bonds is 8. The molecule has 2 aromatic carbocycles. The predicted molar refractivity (Wildman–Crippen MR) is 109 cm³/mol. The van der Waals surface area contributed by atoms with Crippen molar-refractivity contribution < 1.29 is 18.7 Å². The summed E-state index contributed by atoms with van der Waals surface area (Å²) in [5.41, 5.74) is 2.87. The molecule has 1 heterocycles. The molecule has 7 nitrogen and oxygen atoms in total. The molecule has 1 aromatic heterocycles. The molecule has 1 atom stereocenters. The maximum atomic E-state index is 12.3. The highest BCUT2D eigenvalue weighted by Gasteiger charge is 2.22. The minimum Gasteiger partial charge on any atom is -0.467 e. The minimum absolute atomic E-state index is 0.0395. The Balaban J connectivity index is 1.56. The third-order valence-electron chi connectivity index (χ3n) is 4.14. The summed E-state index contributed by atoms with van der Waals surface area (Å²) in [6, 6.07) is 16.4. The molecular formula is C21H21N3O4S. The van der Waals surface area contributed by atoms with Crippen LogP contribution in [-0.4, -0.2) is 41.0 Å². The van der Waals surface area contributed by atoms with Crippen molar-refractivity contribution in [2.45, 2.75) is 24.6 Å². The van der Waals surface area contributed by atoms with Gasteiger partial charge in [0.25, 0.3) is 5.22 Å². The molecule has 29 heavy (non-hydrogen) atoms. The van der Waals surface area contributed by atoms with Crippen LogP contribution in [0.2, 0.25) is 0 Å². The molecule has 0 aliphatic rings. The predicted octanol–water partition coefficient (Wildman–Crippen LogP) is 3.04. The van der Waals surface area contributed by atoms with Gasteiger partial charge in [-0.1, -0.05) is 59.8 Å². The lowest BCUT2D eigenvalue weighted by molar-refractivity contribution is -0.144. The molecular weight excluding hydrogens is 390 g/mol. The van der Waals surface area contributed by atoms with E-state index in [4.69, 9.17) is 9.15 Å². The molecule has 0 radical (unpaired) electrons. The first-order valence-electron chi connectivity index (χ1n) is 8.99. The van der Waals surface area contributed by atoms with Gasteiger partial charge in [-0.05, 0) is 24.6 Å². The fourth-order valence-electron chi connectivity index (χ4n) is 2.63. The number of benzene rings is 2. The Bertz CT molecular complexity index is 958. The highest BCUT2D eigenvalue weighted by molar-refractivity contribution is 7.99. The third-order valence-corrected chi connectivity index (χ3v) is 4.95. The van der Waals surface area contributed by atoms with Crippen LogP contribution in [0.15, 0.2) is 64.2 Å². The molecule has 0 unspecified atom stereocenters. The van der Waals surface area contributed by atoms with Gasteiger partial charge in [-0.25, -0.2) is 4.79 Å². The average Bonchev–Trinajstić information content (AvgIpc) is 3.21. The molecule has 0 bridgehead atoms. The van der Waals surface area contributed by atoms with E-state index >= 15 is 0 Å². The van der Waals surface area contributed by atoms with Crippen LogP contribution in [0.4, 0.5) is 0 Å². The van der Waals surface area contributed by atoms with E-state index in [9.17, 15) is 9.59 Å². The first-order chi connectivity index (χ1) is 14.0. The van der Waals surface area contributed by atoms with Gasteiger partial charge in [-0.15, -0.1) is 10.2 Å². The summed E-state index contributed by atoms with van der Waals surface area (Å²) in [6.45, 7) is 2.00. The molecule has 0 saturated carbocycles. The van der Waals surface area contributed by atoms with Crippen LogP contribution in [0.25, 0.3) is 11.5 Å². The number of nitrogens with zero attached hydrogens (tertiary/aromatic N) is 2. The second-order valence-corrected chi connectivity index (χ2v) is 7.29. The summed E-state index contributed by atoms with van der Waals surface area (Å²) in [7, 11) is 1.30. The van der Waals surface area contributed by atoms with E-state index < -0.39 is 12.0 Å². The van der Waals surface area contributed by atoms with Gasteiger partial charge < -0.3 is 14.5 Å². The molecule has 0 aliphatic heterocycles. The first kappa shape index (κ1) is 20.6. The van der Waals surface area contributed by atoms with Crippen LogP contribution in [0, 0.1) is 6.92 Å². The number of hydrogen-bond donors (Lipinski definition) is 1. The summed E-state index contributed by atoms with van der Waals surface area (Å²) in [6.07, 6.45) is 0.349. The summed E-state index contributed by atoms with van der Waals surface area (Å²) >= 11 is 1.11. The average molecular weight is 411 g/mol. The molecule has 3 aromatic rings. The quantitative estimate of drug-likeness (QED) is 0.450. The van der Waals surface area contributed by atoms with Gasteiger partial charge in [0.1, 0.15) is 6.04 Å². The molecule has 0 saturated heterocycles. The number of nitrogens with one attached hydrogen (secondary N) is 1. The molecule has 0 spiro atoms. The van der Waals surface area contributed by atoms with E-state index in [2.05, 4.69) is 15.5 Å². The highest BCUT2D eigenvalue weighted by atomic mass is 32.2. The summed E-state index contributed by atoms with van der Waals surface area (Å²) in [4.78, 5) is 24.3. The van der Waals surface area contributed by atoms with Crippen molar-refractivity contribution in [3.05, 3.63) is 65.7 Å². The zero-order valence-electron chi connectivity index (χ0n) is 16.1. The monoisotopic (exact) mass is 411 g/mol. The number of methoxy groups -OCH3 is 1. The van der Waals surface area contributed by atoms with Crippen LogP contribution in [-0.2, 0) is 20.7 Å². The summed E-state index contributed by atoms with van der Waals surface area (Å²) < 4.78 is 10.4. The highest BCUT2D eigenvalue weighted by Crippen LogP contribution is 2.23. The van der Waals surface area contributed by atoms with Gasteiger partial charge in [0, 0.05) is 12.0 Å². The van der Waals surface area contributed by atoms with Crippen molar-refractivity contribution in [3.63, 3.8) is 0 Å². The second kappa shape index (κ2) is 9.88. The number of carbonyl (C=O) groups is 2. The fourth-order valence-corrected chi connectivity index (χ4v) is 3.20. The van der Waals surface area contributed by atoms with Gasteiger partial charge in [0.2, 0.25) is 11.8 Å². The largest absolute Gasteiger partial charge is 0.467 e. The molecule has 3 rings (SSSR count). The second-order valence-electron chi connectivity index (χ2n) is 6.36. The van der Waals surface area contributed by atoms with Crippen molar-refractivity contribution >= 4 is 23.6 Å². The summed E-state index contributed by atoms with van der Waals surface area (Å²) in [5, 5.41) is 11.0. The zero-order valence-corrected chi connectivity index (χ0v) is 16.9. The van der Waals surface area contributed by atoms with Gasteiger partial charge in [0.05, 0.1) is 12.9 Å². The number of ether oxygens (including phenoxy) is 1. The number of aryl methyl sites for hydroxylation is 1. The lowest BCUT2D eigenvalue weighted by Crippen LogP contribution is -2.43. The summed E-state index contributed by atoms with van der Waals surface area (Å²) in [5.74, 6) is -0.384. The van der Waals surface area contributed by atoms with Crippen LogP contribution in [0.5, 0.6) is 0 Å².